The van der Waals surface area contributed by atoms with E-state index in [1.54, 1.807) is 18.6 Å². The Morgan fingerprint density at radius 3 is 2.48 bits per heavy atom. The molecule has 0 bridgehead atoms. The van der Waals surface area contributed by atoms with Gasteiger partial charge in [-0.15, -0.1) is 0 Å². The van der Waals surface area contributed by atoms with Crippen LogP contribution >= 0.6 is 0 Å². The summed E-state index contributed by atoms with van der Waals surface area (Å²) >= 11 is 0. The fourth-order valence-corrected chi connectivity index (χ4v) is 3.83. The number of nitrogens with two attached hydrogens (primary N) is 1. The normalized spacial score (nSPS) is 19.5. The minimum Gasteiger partial charge on any atom is -0.462 e. The van der Waals surface area contributed by atoms with Crippen molar-refractivity contribution in [1.82, 2.24) is 15.0 Å². The number of benzene rings is 1. The molecule has 0 saturated carbocycles. The van der Waals surface area contributed by atoms with Crippen LogP contribution in [0.1, 0.15) is 37.6 Å². The van der Waals surface area contributed by atoms with Crippen molar-refractivity contribution in [2.45, 2.75) is 26.3 Å². The first kappa shape index (κ1) is 19.2. The lowest BCUT2D eigenvalue weighted by atomic mass is 9.80. The number of fused-ring (bicyclic) bond motifs is 4. The van der Waals surface area contributed by atoms with Crippen LogP contribution in [0.15, 0.2) is 60.3 Å². The fourth-order valence-electron chi connectivity index (χ4n) is 3.83. The maximum atomic E-state index is 6.21. The van der Waals surface area contributed by atoms with Gasteiger partial charge >= 0.3 is 0 Å². The van der Waals surface area contributed by atoms with E-state index in [0.29, 0.717) is 18.1 Å². The van der Waals surface area contributed by atoms with Gasteiger partial charge in [-0.05, 0) is 35.3 Å². The van der Waals surface area contributed by atoms with E-state index in [4.69, 9.17) is 20.2 Å². The van der Waals surface area contributed by atoms with Gasteiger partial charge in [0.15, 0.2) is 11.3 Å². The average Bonchev–Trinajstić information content (AvgIpc) is 3.15. The molecule has 3 aromatic rings. The predicted molar refractivity (Wildman–Crippen MR) is 119 cm³/mol. The molecule has 0 fully saturated rings. The van der Waals surface area contributed by atoms with Crippen LogP contribution in [-0.2, 0) is 10.3 Å². The minimum atomic E-state index is -0.800. The zero-order valence-electron chi connectivity index (χ0n) is 17.7. The van der Waals surface area contributed by atoms with Crippen molar-refractivity contribution in [2.24, 2.45) is 16.1 Å². The van der Waals surface area contributed by atoms with E-state index in [9.17, 15) is 0 Å². The molecule has 0 aliphatic carbocycles. The second kappa shape index (κ2) is 6.91. The van der Waals surface area contributed by atoms with Gasteiger partial charge in [0.05, 0.1) is 11.9 Å². The van der Waals surface area contributed by atoms with Crippen molar-refractivity contribution < 1.29 is 9.47 Å². The van der Waals surface area contributed by atoms with Gasteiger partial charge in [-0.1, -0.05) is 32.9 Å². The van der Waals surface area contributed by atoms with Crippen molar-refractivity contribution in [3.63, 3.8) is 0 Å². The molecule has 7 nitrogen and oxygen atoms in total. The lowest BCUT2D eigenvalue weighted by Crippen LogP contribution is -2.31. The molecule has 2 aromatic heterocycles. The zero-order valence-corrected chi connectivity index (χ0v) is 17.7. The summed E-state index contributed by atoms with van der Waals surface area (Å²) in [6.07, 6.45) is 11.0. The first-order chi connectivity index (χ1) is 14.8. The van der Waals surface area contributed by atoms with Crippen LogP contribution in [0.2, 0.25) is 0 Å². The van der Waals surface area contributed by atoms with Crippen LogP contribution in [0.25, 0.3) is 17.2 Å². The van der Waals surface area contributed by atoms with Crippen LogP contribution in [0, 0.1) is 5.41 Å². The Balaban J connectivity index is 1.67. The molecule has 4 heterocycles. The molecule has 1 spiro atoms. The van der Waals surface area contributed by atoms with Gasteiger partial charge in [0.1, 0.15) is 18.7 Å². The zero-order chi connectivity index (χ0) is 21.6. The second-order valence-corrected chi connectivity index (χ2v) is 8.84. The molecule has 2 N–H and O–H groups in total. The van der Waals surface area contributed by atoms with Crippen molar-refractivity contribution in [3.05, 3.63) is 72.1 Å². The van der Waals surface area contributed by atoms with Crippen LogP contribution < -0.4 is 10.5 Å². The van der Waals surface area contributed by atoms with Gasteiger partial charge in [-0.3, -0.25) is 4.98 Å². The molecule has 2 aliphatic rings. The monoisotopic (exact) mass is 413 g/mol. The molecular formula is C24H23N5O2. The van der Waals surface area contributed by atoms with Gasteiger partial charge in [-0.2, -0.15) is 0 Å². The molecule has 0 amide bonds. The number of amidine groups is 1. The highest BCUT2D eigenvalue weighted by molar-refractivity contribution is 5.78. The van der Waals surface area contributed by atoms with Crippen molar-refractivity contribution >= 4 is 12.1 Å². The molecule has 156 valence electrons. The van der Waals surface area contributed by atoms with Crippen molar-refractivity contribution in [1.29, 1.82) is 0 Å². The number of aromatic nitrogens is 3. The van der Waals surface area contributed by atoms with E-state index >= 15 is 0 Å². The fraction of sp³-hybridized carbons (Fsp3) is 0.250. The molecule has 1 aromatic carbocycles. The third-order valence-corrected chi connectivity index (χ3v) is 5.36. The molecule has 2 aliphatic heterocycles. The molecule has 31 heavy (non-hydrogen) atoms. The van der Waals surface area contributed by atoms with Crippen LogP contribution in [-0.4, -0.2) is 27.6 Å². The average molecular weight is 413 g/mol. The number of ether oxygens (including phenoxy) is 2. The van der Waals surface area contributed by atoms with Gasteiger partial charge in [0.25, 0.3) is 6.02 Å². The van der Waals surface area contributed by atoms with Crippen molar-refractivity contribution in [3.8, 4) is 22.6 Å². The number of aliphatic imine (C=N–C) groups is 1. The molecule has 7 heteroatoms. The summed E-state index contributed by atoms with van der Waals surface area (Å²) in [6.45, 7) is 6.73. The van der Waals surface area contributed by atoms with E-state index in [2.05, 4.69) is 41.8 Å². The number of hydrogen-bond donors (Lipinski definition) is 1. The maximum Gasteiger partial charge on any atom is 0.283 e. The molecule has 0 saturated heterocycles. The second-order valence-electron chi connectivity index (χ2n) is 8.84. The Morgan fingerprint density at radius 1 is 1.00 bits per heavy atom. The summed E-state index contributed by atoms with van der Waals surface area (Å²) in [5.41, 5.74) is 9.71. The third kappa shape index (κ3) is 3.42. The van der Waals surface area contributed by atoms with Crippen molar-refractivity contribution in [2.75, 3.05) is 6.61 Å². The van der Waals surface area contributed by atoms with E-state index in [0.717, 1.165) is 27.9 Å². The molecule has 1 atom stereocenters. The molecule has 1 unspecified atom stereocenters. The summed E-state index contributed by atoms with van der Waals surface area (Å²) in [5.74, 6) is 1.35. The standard InChI is InChI=1S/C24H23N5O2/c1-23(2,3)7-6-17-9-19-21(12-28-17)31-20-5-4-15(16-10-26-14-27-11-16)8-18(20)24(19)13-30-22(25)29-24/h4-12,14H,13H2,1-3H3,(H2,25,29). The Hall–Kier alpha value is -3.74. The van der Waals surface area contributed by atoms with Gasteiger partial charge in [-0.25, -0.2) is 15.0 Å². The lowest BCUT2D eigenvalue weighted by Gasteiger charge is -2.33. The Morgan fingerprint density at radius 2 is 1.77 bits per heavy atom. The highest BCUT2D eigenvalue weighted by Gasteiger charge is 2.47. The highest BCUT2D eigenvalue weighted by Crippen LogP contribution is 2.51. The van der Waals surface area contributed by atoms with Gasteiger partial charge < -0.3 is 15.2 Å². The van der Waals surface area contributed by atoms with E-state index in [1.807, 2.05) is 30.3 Å². The summed E-state index contributed by atoms with van der Waals surface area (Å²) in [6, 6.07) is 8.13. The first-order valence-electron chi connectivity index (χ1n) is 10.1. The van der Waals surface area contributed by atoms with Gasteiger partial charge in [0, 0.05) is 29.1 Å². The summed E-state index contributed by atoms with van der Waals surface area (Å²) in [5, 5.41) is 0. The first-order valence-corrected chi connectivity index (χ1v) is 10.1. The SMILES string of the molecule is CC(C)(C)C=Cc1cc2c(cn1)Oc1ccc(-c3cncnc3)cc1C21COC(N)=N1. The van der Waals surface area contributed by atoms with Crippen LogP contribution in [0.3, 0.4) is 0 Å². The quantitative estimate of drug-likeness (QED) is 0.673. The maximum absolute atomic E-state index is 6.21. The lowest BCUT2D eigenvalue weighted by molar-refractivity contribution is 0.264. The topological polar surface area (TPSA) is 95.5 Å². The summed E-state index contributed by atoms with van der Waals surface area (Å²) < 4.78 is 11.9. The minimum absolute atomic E-state index is 0.0457. The number of allylic oxidation sites excluding steroid dienone is 1. The van der Waals surface area contributed by atoms with E-state index in [1.165, 1.54) is 6.33 Å². The number of rotatable bonds is 2. The van der Waals surface area contributed by atoms with Gasteiger partial charge in [0.2, 0.25) is 0 Å². The smallest absolute Gasteiger partial charge is 0.283 e. The van der Waals surface area contributed by atoms with Crippen LogP contribution in [0.5, 0.6) is 11.5 Å². The summed E-state index contributed by atoms with van der Waals surface area (Å²) in [4.78, 5) is 17.6. The molecule has 5 rings (SSSR count). The third-order valence-electron chi connectivity index (χ3n) is 5.36. The van der Waals surface area contributed by atoms with E-state index < -0.39 is 5.54 Å². The Bertz CT molecular complexity index is 1210. The number of nitrogens with zero attached hydrogens (tertiary/aromatic N) is 4. The predicted octanol–water partition coefficient (Wildman–Crippen LogP) is 4.29. The largest absolute Gasteiger partial charge is 0.462 e. The molecule has 0 radical (unpaired) electrons. The number of hydrogen-bond acceptors (Lipinski definition) is 7. The van der Waals surface area contributed by atoms with E-state index in [-0.39, 0.29) is 11.4 Å². The number of pyridine rings is 1. The highest BCUT2D eigenvalue weighted by atomic mass is 16.5. The van der Waals surface area contributed by atoms with Crippen LogP contribution in [0.4, 0.5) is 0 Å². The summed E-state index contributed by atoms with van der Waals surface area (Å²) in [7, 11) is 0. The Kier molecular flexibility index (Phi) is 4.28. The molecular weight excluding hydrogens is 390 g/mol. The Labute approximate surface area is 180 Å².